The topological polar surface area (TPSA) is 55.2 Å². The van der Waals surface area contributed by atoms with Crippen LogP contribution >= 0.6 is 23.8 Å². The highest BCUT2D eigenvalue weighted by atomic mass is 35.5. The lowest BCUT2D eigenvalue weighted by Crippen LogP contribution is -2.05. The lowest BCUT2D eigenvalue weighted by Gasteiger charge is -2.07. The zero-order valence-corrected chi connectivity index (χ0v) is 12.2. The molecular formula is C13H13ClN4OS. The van der Waals surface area contributed by atoms with Crippen LogP contribution in [0.3, 0.4) is 0 Å². The standard InChI is InChI=1S/C13H13ClN4OS/c14-10-4-1-3-9(7-10)8-15-18-12(16-17-13(18)20)11-5-2-6-19-11/h1,3-4,7-8,11H,2,5-6H2,(H,17,20)/b15-8-. The summed E-state index contributed by atoms with van der Waals surface area (Å²) in [6, 6.07) is 7.45. The molecule has 0 spiro atoms. The summed E-state index contributed by atoms with van der Waals surface area (Å²) < 4.78 is 7.68. The van der Waals surface area contributed by atoms with Gasteiger partial charge in [-0.1, -0.05) is 23.7 Å². The zero-order valence-electron chi connectivity index (χ0n) is 10.6. The van der Waals surface area contributed by atoms with Crippen LogP contribution in [-0.4, -0.2) is 27.7 Å². The van der Waals surface area contributed by atoms with Gasteiger partial charge in [-0.25, -0.2) is 0 Å². The number of ether oxygens (including phenoxy) is 1. The van der Waals surface area contributed by atoms with E-state index in [2.05, 4.69) is 15.3 Å². The molecule has 1 aromatic carbocycles. The summed E-state index contributed by atoms with van der Waals surface area (Å²) in [4.78, 5) is 0. The fourth-order valence-electron chi connectivity index (χ4n) is 2.12. The zero-order chi connectivity index (χ0) is 13.9. The van der Waals surface area contributed by atoms with Gasteiger partial charge in [-0.3, -0.25) is 5.10 Å². The van der Waals surface area contributed by atoms with E-state index in [0.29, 0.717) is 15.6 Å². The van der Waals surface area contributed by atoms with E-state index >= 15 is 0 Å². The second kappa shape index (κ2) is 5.87. The lowest BCUT2D eigenvalue weighted by molar-refractivity contribution is 0.102. The molecule has 0 saturated carbocycles. The minimum Gasteiger partial charge on any atom is -0.370 e. The van der Waals surface area contributed by atoms with E-state index in [1.165, 1.54) is 0 Å². The first-order valence-electron chi connectivity index (χ1n) is 6.33. The number of H-pyrrole nitrogens is 1. The van der Waals surface area contributed by atoms with E-state index in [4.69, 9.17) is 28.6 Å². The van der Waals surface area contributed by atoms with Crippen molar-refractivity contribution in [2.45, 2.75) is 18.9 Å². The van der Waals surface area contributed by atoms with Gasteiger partial charge in [0.25, 0.3) is 0 Å². The molecule has 20 heavy (non-hydrogen) atoms. The molecule has 3 rings (SSSR count). The Balaban J connectivity index is 1.90. The van der Waals surface area contributed by atoms with Crippen molar-refractivity contribution in [2.24, 2.45) is 5.10 Å². The molecule has 1 aliphatic heterocycles. The van der Waals surface area contributed by atoms with Crippen molar-refractivity contribution in [3.63, 3.8) is 0 Å². The molecule has 0 radical (unpaired) electrons. The van der Waals surface area contributed by atoms with Crippen molar-refractivity contribution >= 4 is 30.0 Å². The van der Waals surface area contributed by atoms with E-state index in [1.807, 2.05) is 24.3 Å². The molecule has 5 nitrogen and oxygen atoms in total. The Morgan fingerprint density at radius 3 is 3.20 bits per heavy atom. The summed E-state index contributed by atoms with van der Waals surface area (Å²) >= 11 is 11.1. The van der Waals surface area contributed by atoms with Crippen LogP contribution in [0.25, 0.3) is 0 Å². The monoisotopic (exact) mass is 308 g/mol. The number of hydrogen-bond acceptors (Lipinski definition) is 4. The molecule has 1 atom stereocenters. The average molecular weight is 309 g/mol. The Morgan fingerprint density at radius 2 is 2.45 bits per heavy atom. The molecule has 1 aliphatic rings. The summed E-state index contributed by atoms with van der Waals surface area (Å²) in [7, 11) is 0. The number of halogens is 1. The average Bonchev–Trinajstić information content (AvgIpc) is 3.06. The third-order valence-corrected chi connectivity index (χ3v) is 3.56. The number of aromatic amines is 1. The van der Waals surface area contributed by atoms with E-state index < -0.39 is 0 Å². The van der Waals surface area contributed by atoms with Crippen LogP contribution < -0.4 is 0 Å². The SMILES string of the molecule is S=c1[nH]nc(C2CCCO2)n1/N=C\c1cccc(Cl)c1. The van der Waals surface area contributed by atoms with Gasteiger partial charge in [0.05, 0.1) is 6.21 Å². The largest absolute Gasteiger partial charge is 0.370 e. The third kappa shape index (κ3) is 2.82. The van der Waals surface area contributed by atoms with Gasteiger partial charge < -0.3 is 4.74 Å². The summed E-state index contributed by atoms with van der Waals surface area (Å²) in [5.74, 6) is 0.714. The Labute approximate surface area is 126 Å². The second-order valence-electron chi connectivity index (χ2n) is 4.50. The van der Waals surface area contributed by atoms with E-state index in [-0.39, 0.29) is 6.10 Å². The van der Waals surface area contributed by atoms with Crippen LogP contribution in [0.15, 0.2) is 29.4 Å². The number of benzene rings is 1. The van der Waals surface area contributed by atoms with Crippen LogP contribution in [0.1, 0.15) is 30.3 Å². The van der Waals surface area contributed by atoms with E-state index in [0.717, 1.165) is 25.0 Å². The fourth-order valence-corrected chi connectivity index (χ4v) is 2.50. The van der Waals surface area contributed by atoms with Gasteiger partial charge in [-0.15, -0.1) is 0 Å². The molecule has 0 aliphatic carbocycles. The minimum atomic E-state index is -0.0422. The number of nitrogens with zero attached hydrogens (tertiary/aromatic N) is 3. The van der Waals surface area contributed by atoms with Crippen LogP contribution in [0, 0.1) is 4.77 Å². The highest BCUT2D eigenvalue weighted by molar-refractivity contribution is 7.71. The predicted octanol–water partition coefficient (Wildman–Crippen LogP) is 3.33. The molecule has 1 aromatic heterocycles. The van der Waals surface area contributed by atoms with E-state index in [1.54, 1.807) is 10.9 Å². The Bertz CT molecular complexity index is 688. The Morgan fingerprint density at radius 1 is 1.55 bits per heavy atom. The first-order valence-corrected chi connectivity index (χ1v) is 7.11. The number of rotatable bonds is 3. The maximum Gasteiger partial charge on any atom is 0.216 e. The maximum atomic E-state index is 5.94. The quantitative estimate of drug-likeness (QED) is 0.699. The van der Waals surface area contributed by atoms with Crippen LogP contribution in [0.2, 0.25) is 5.02 Å². The molecular weight excluding hydrogens is 296 g/mol. The van der Waals surface area contributed by atoms with Crippen LogP contribution in [0.4, 0.5) is 0 Å². The number of aromatic nitrogens is 3. The van der Waals surface area contributed by atoms with Crippen molar-refractivity contribution < 1.29 is 4.74 Å². The van der Waals surface area contributed by atoms with Crippen LogP contribution in [0.5, 0.6) is 0 Å². The Hall–Kier alpha value is -1.50. The minimum absolute atomic E-state index is 0.0422. The highest BCUT2D eigenvalue weighted by Gasteiger charge is 2.23. The molecule has 1 fully saturated rings. The summed E-state index contributed by atoms with van der Waals surface area (Å²) in [6.45, 7) is 0.752. The number of hydrogen-bond donors (Lipinski definition) is 1. The summed E-state index contributed by atoms with van der Waals surface area (Å²) in [5, 5.41) is 12.0. The van der Waals surface area contributed by atoms with Crippen molar-refractivity contribution in [2.75, 3.05) is 6.61 Å². The fraction of sp³-hybridized carbons (Fsp3) is 0.308. The van der Waals surface area contributed by atoms with Gasteiger partial charge in [0.15, 0.2) is 5.82 Å². The molecule has 0 bridgehead atoms. The smallest absolute Gasteiger partial charge is 0.216 e. The maximum absolute atomic E-state index is 5.94. The van der Waals surface area contributed by atoms with Crippen molar-refractivity contribution in [3.8, 4) is 0 Å². The molecule has 2 aromatic rings. The van der Waals surface area contributed by atoms with Gasteiger partial charge >= 0.3 is 0 Å². The third-order valence-electron chi connectivity index (χ3n) is 3.06. The molecule has 7 heteroatoms. The van der Waals surface area contributed by atoms with Gasteiger partial charge in [-0.05, 0) is 42.8 Å². The predicted molar refractivity (Wildman–Crippen MR) is 79.8 cm³/mol. The summed E-state index contributed by atoms with van der Waals surface area (Å²) in [6.07, 6.45) is 3.63. The summed E-state index contributed by atoms with van der Waals surface area (Å²) in [5.41, 5.74) is 0.902. The molecule has 2 heterocycles. The van der Waals surface area contributed by atoms with Crippen molar-refractivity contribution in [3.05, 3.63) is 45.4 Å². The molecule has 1 saturated heterocycles. The van der Waals surface area contributed by atoms with Crippen LogP contribution in [-0.2, 0) is 4.74 Å². The van der Waals surface area contributed by atoms with Crippen molar-refractivity contribution in [1.29, 1.82) is 0 Å². The Kier molecular flexibility index (Phi) is 3.95. The number of nitrogens with one attached hydrogen (secondary N) is 1. The molecule has 0 amide bonds. The van der Waals surface area contributed by atoms with E-state index in [9.17, 15) is 0 Å². The van der Waals surface area contributed by atoms with Gasteiger partial charge in [0.2, 0.25) is 4.77 Å². The second-order valence-corrected chi connectivity index (χ2v) is 5.32. The lowest BCUT2D eigenvalue weighted by atomic mass is 10.2. The van der Waals surface area contributed by atoms with Gasteiger partial charge in [0, 0.05) is 11.6 Å². The van der Waals surface area contributed by atoms with Crippen molar-refractivity contribution in [1.82, 2.24) is 14.9 Å². The van der Waals surface area contributed by atoms with Gasteiger partial charge in [-0.2, -0.15) is 14.9 Å². The molecule has 1 unspecified atom stereocenters. The van der Waals surface area contributed by atoms with Gasteiger partial charge in [0.1, 0.15) is 6.10 Å². The molecule has 104 valence electrons. The first-order chi connectivity index (χ1) is 9.74. The first kappa shape index (κ1) is 13.5. The highest BCUT2D eigenvalue weighted by Crippen LogP contribution is 2.26. The normalized spacial score (nSPS) is 18.9. The molecule has 1 N–H and O–H groups in total.